The lowest BCUT2D eigenvalue weighted by molar-refractivity contribution is -0.137. The molecule has 0 atom stereocenters. The van der Waals surface area contributed by atoms with E-state index < -0.39 is 32.6 Å². The summed E-state index contributed by atoms with van der Waals surface area (Å²) in [6.07, 6.45) is -2.60. The molecule has 3 aromatic rings. The summed E-state index contributed by atoms with van der Waals surface area (Å²) in [6.45, 7) is 0.0210. The molecule has 8 nitrogen and oxygen atoms in total. The predicted octanol–water partition coefficient (Wildman–Crippen LogP) is 1.78. The van der Waals surface area contributed by atoms with E-state index in [-0.39, 0.29) is 19.5 Å². The molecule has 0 bridgehead atoms. The minimum Gasteiger partial charge on any atom is -0.356 e. The first-order valence-corrected chi connectivity index (χ1v) is 10.4. The highest BCUT2D eigenvalue weighted by Crippen LogP contribution is 2.30. The Hall–Kier alpha value is -2.99. The fourth-order valence-corrected chi connectivity index (χ4v) is 3.76. The zero-order valence-electron chi connectivity index (χ0n) is 15.6. The Bertz CT molecular complexity index is 1150. The zero-order chi connectivity index (χ0) is 21.8. The lowest BCUT2D eigenvalue weighted by Gasteiger charge is -2.10. The molecule has 0 unspecified atom stereocenters. The second-order valence-electron chi connectivity index (χ2n) is 6.32. The van der Waals surface area contributed by atoms with Crippen LogP contribution in [0.3, 0.4) is 0 Å². The van der Waals surface area contributed by atoms with Gasteiger partial charge in [0.05, 0.1) is 10.5 Å². The molecule has 0 fully saturated rings. The van der Waals surface area contributed by atoms with E-state index >= 15 is 0 Å². The second-order valence-corrected chi connectivity index (χ2v) is 8.09. The van der Waals surface area contributed by atoms with Gasteiger partial charge in [-0.1, -0.05) is 12.1 Å². The number of aromatic nitrogens is 3. The van der Waals surface area contributed by atoms with Crippen molar-refractivity contribution < 1.29 is 26.4 Å². The van der Waals surface area contributed by atoms with Gasteiger partial charge in [-0.25, -0.2) is 13.1 Å². The van der Waals surface area contributed by atoms with Gasteiger partial charge in [0.15, 0.2) is 5.65 Å². The first-order chi connectivity index (χ1) is 14.2. The average Bonchev–Trinajstić information content (AvgIpc) is 3.11. The van der Waals surface area contributed by atoms with Crippen molar-refractivity contribution in [3.8, 4) is 0 Å². The molecule has 0 aliphatic carbocycles. The van der Waals surface area contributed by atoms with Gasteiger partial charge < -0.3 is 5.32 Å². The highest BCUT2D eigenvalue weighted by atomic mass is 32.2. The van der Waals surface area contributed by atoms with Crippen LogP contribution in [0.1, 0.15) is 17.8 Å². The van der Waals surface area contributed by atoms with Gasteiger partial charge in [-0.15, -0.1) is 10.2 Å². The summed E-state index contributed by atoms with van der Waals surface area (Å²) >= 11 is 0. The number of nitrogens with one attached hydrogen (secondary N) is 2. The molecule has 12 heteroatoms. The van der Waals surface area contributed by atoms with Gasteiger partial charge in [0, 0.05) is 32.1 Å². The fourth-order valence-electron chi connectivity index (χ4n) is 2.69. The van der Waals surface area contributed by atoms with Crippen LogP contribution in [0.2, 0.25) is 0 Å². The fraction of sp³-hybridized carbons (Fsp3) is 0.278. The van der Waals surface area contributed by atoms with E-state index in [9.17, 15) is 26.4 Å². The van der Waals surface area contributed by atoms with Gasteiger partial charge in [0.1, 0.15) is 5.82 Å². The molecule has 3 rings (SSSR count). The number of fused-ring (bicyclic) bond motifs is 1. The Morgan fingerprint density at radius 1 is 1.07 bits per heavy atom. The Kier molecular flexibility index (Phi) is 6.37. The number of sulfonamides is 1. The number of pyridine rings is 1. The molecule has 0 radical (unpaired) electrons. The van der Waals surface area contributed by atoms with Crippen molar-refractivity contribution in [3.05, 3.63) is 60.0 Å². The topological polar surface area (TPSA) is 105 Å². The van der Waals surface area contributed by atoms with Crippen LogP contribution < -0.4 is 10.0 Å². The Balaban J connectivity index is 1.47. The second kappa shape index (κ2) is 8.79. The van der Waals surface area contributed by atoms with Gasteiger partial charge in [-0.3, -0.25) is 9.20 Å². The van der Waals surface area contributed by atoms with E-state index in [1.54, 1.807) is 16.7 Å². The molecular formula is C18H18F3N5O3S. The molecule has 0 spiro atoms. The van der Waals surface area contributed by atoms with E-state index in [1.807, 2.05) is 12.1 Å². The lowest BCUT2D eigenvalue weighted by atomic mass is 10.2. The number of alkyl halides is 3. The summed E-state index contributed by atoms with van der Waals surface area (Å²) in [6, 6.07) is 8.85. The van der Waals surface area contributed by atoms with Crippen LogP contribution in [0.5, 0.6) is 0 Å². The predicted molar refractivity (Wildman–Crippen MR) is 101 cm³/mol. The third-order valence-electron chi connectivity index (χ3n) is 4.17. The summed E-state index contributed by atoms with van der Waals surface area (Å²) in [5.41, 5.74) is -0.382. The molecule has 0 saturated carbocycles. The molecule has 0 saturated heterocycles. The summed E-state index contributed by atoms with van der Waals surface area (Å²) in [4.78, 5) is 11.4. The molecular weight excluding hydrogens is 423 g/mol. The molecule has 2 heterocycles. The number of nitrogens with zero attached hydrogens (tertiary/aromatic N) is 3. The van der Waals surface area contributed by atoms with E-state index in [0.29, 0.717) is 24.0 Å². The van der Waals surface area contributed by atoms with E-state index in [4.69, 9.17) is 0 Å². The van der Waals surface area contributed by atoms with E-state index in [1.165, 1.54) is 0 Å². The van der Waals surface area contributed by atoms with E-state index in [0.717, 1.165) is 18.2 Å². The first kappa shape index (κ1) is 21.7. The maximum atomic E-state index is 12.7. The number of carbonyl (C=O) groups is 1. The highest BCUT2D eigenvalue weighted by Gasteiger charge is 2.31. The molecule has 0 aliphatic rings. The summed E-state index contributed by atoms with van der Waals surface area (Å²) in [5, 5.41) is 10.7. The number of amides is 1. The number of benzene rings is 1. The van der Waals surface area contributed by atoms with E-state index in [2.05, 4.69) is 20.2 Å². The monoisotopic (exact) mass is 441 g/mol. The summed E-state index contributed by atoms with van der Waals surface area (Å²) in [5.74, 6) is 0.256. The van der Waals surface area contributed by atoms with Crippen LogP contribution in [0.4, 0.5) is 13.2 Å². The van der Waals surface area contributed by atoms with Gasteiger partial charge in [-0.2, -0.15) is 13.2 Å². The van der Waals surface area contributed by atoms with Gasteiger partial charge in [-0.05, 0) is 30.3 Å². The standard InChI is InChI=1S/C18H18F3N5O3S/c19-18(20,21)13-4-3-5-14(12-13)30(28,29)23-10-8-17(27)22-9-7-16-25-24-15-6-1-2-11-26(15)16/h1-6,11-12,23H,7-10H2,(H,22,27). The van der Waals surface area contributed by atoms with Crippen molar-refractivity contribution in [2.45, 2.75) is 23.9 Å². The molecule has 0 aliphatic heterocycles. The summed E-state index contributed by atoms with van der Waals surface area (Å²) in [7, 11) is -4.17. The third-order valence-corrected chi connectivity index (χ3v) is 5.63. The van der Waals surface area contributed by atoms with Gasteiger partial charge in [0.25, 0.3) is 0 Å². The zero-order valence-corrected chi connectivity index (χ0v) is 16.4. The normalized spacial score (nSPS) is 12.2. The van der Waals surface area contributed by atoms with Gasteiger partial charge in [0.2, 0.25) is 15.9 Å². The quantitative estimate of drug-likeness (QED) is 0.554. The number of carbonyl (C=O) groups excluding carboxylic acids is 1. The van der Waals surface area contributed by atoms with Crippen molar-refractivity contribution in [2.24, 2.45) is 0 Å². The molecule has 160 valence electrons. The van der Waals surface area contributed by atoms with Crippen molar-refractivity contribution in [1.29, 1.82) is 0 Å². The molecule has 30 heavy (non-hydrogen) atoms. The number of halogens is 3. The van der Waals surface area contributed by atoms with Crippen LogP contribution in [-0.2, 0) is 27.4 Å². The first-order valence-electron chi connectivity index (χ1n) is 8.89. The number of hydrogen-bond donors (Lipinski definition) is 2. The minimum atomic E-state index is -4.65. The third kappa shape index (κ3) is 5.33. The highest BCUT2D eigenvalue weighted by molar-refractivity contribution is 7.89. The maximum absolute atomic E-state index is 12.7. The summed E-state index contributed by atoms with van der Waals surface area (Å²) < 4.78 is 66.5. The largest absolute Gasteiger partial charge is 0.416 e. The van der Waals surface area contributed by atoms with Crippen molar-refractivity contribution >= 4 is 21.6 Å². The van der Waals surface area contributed by atoms with Crippen LogP contribution in [0.25, 0.3) is 5.65 Å². The Morgan fingerprint density at radius 2 is 1.87 bits per heavy atom. The number of hydrogen-bond acceptors (Lipinski definition) is 5. The minimum absolute atomic E-state index is 0.168. The SMILES string of the molecule is O=C(CCNS(=O)(=O)c1cccc(C(F)(F)F)c1)NCCc1nnc2ccccn12. The van der Waals surface area contributed by atoms with Crippen molar-refractivity contribution in [2.75, 3.05) is 13.1 Å². The van der Waals surface area contributed by atoms with Crippen LogP contribution in [0, 0.1) is 0 Å². The average molecular weight is 441 g/mol. The van der Waals surface area contributed by atoms with Crippen molar-refractivity contribution in [3.63, 3.8) is 0 Å². The van der Waals surface area contributed by atoms with Crippen LogP contribution in [0.15, 0.2) is 53.6 Å². The lowest BCUT2D eigenvalue weighted by Crippen LogP contribution is -2.32. The molecule has 1 amide bonds. The van der Waals surface area contributed by atoms with Crippen LogP contribution in [-0.4, -0.2) is 42.0 Å². The van der Waals surface area contributed by atoms with Crippen LogP contribution >= 0.6 is 0 Å². The molecule has 2 N–H and O–H groups in total. The number of rotatable bonds is 8. The van der Waals surface area contributed by atoms with Crippen molar-refractivity contribution in [1.82, 2.24) is 24.6 Å². The Labute approximate surface area is 170 Å². The Morgan fingerprint density at radius 3 is 2.63 bits per heavy atom. The maximum Gasteiger partial charge on any atom is 0.416 e. The smallest absolute Gasteiger partial charge is 0.356 e. The molecule has 1 aromatic carbocycles. The van der Waals surface area contributed by atoms with Gasteiger partial charge >= 0.3 is 6.18 Å². The molecule has 2 aromatic heterocycles.